The van der Waals surface area contributed by atoms with Gasteiger partial charge in [0.2, 0.25) is 5.82 Å². The molecule has 0 aliphatic carbocycles. The number of nitrogens with zero attached hydrogens (tertiary/aromatic N) is 1. The molecular weight excluding hydrogens is 396 g/mol. The largest absolute Gasteiger partial charge is 0.396 e. The van der Waals surface area contributed by atoms with Crippen molar-refractivity contribution in [2.75, 3.05) is 18.5 Å². The molecule has 1 aromatic carbocycles. The van der Waals surface area contributed by atoms with Crippen LogP contribution in [0.15, 0.2) is 23.0 Å². The number of amides is 1. The van der Waals surface area contributed by atoms with Crippen molar-refractivity contribution in [1.29, 1.82) is 0 Å². The lowest BCUT2D eigenvalue weighted by atomic mass is 10.1. The van der Waals surface area contributed by atoms with Gasteiger partial charge in [0.15, 0.2) is 0 Å². The van der Waals surface area contributed by atoms with Crippen molar-refractivity contribution in [2.24, 2.45) is 0 Å². The molecular formula is C21H27F2N3O4. The zero-order valence-electron chi connectivity index (χ0n) is 17.3. The highest BCUT2D eigenvalue weighted by molar-refractivity contribution is 6.01. The van der Waals surface area contributed by atoms with Crippen LogP contribution in [0.5, 0.6) is 0 Å². The van der Waals surface area contributed by atoms with Gasteiger partial charge in [-0.3, -0.25) is 14.4 Å². The van der Waals surface area contributed by atoms with Crippen LogP contribution in [0.3, 0.4) is 0 Å². The first-order valence-electron chi connectivity index (χ1n) is 9.95. The lowest BCUT2D eigenvalue weighted by molar-refractivity contribution is 0.0261. The van der Waals surface area contributed by atoms with Crippen molar-refractivity contribution in [1.82, 2.24) is 10.0 Å². The normalized spacial score (nSPS) is 12.1. The number of carbonyl (C=O) groups excluding carboxylic acids is 1. The van der Waals surface area contributed by atoms with Gasteiger partial charge in [0.05, 0.1) is 23.5 Å². The van der Waals surface area contributed by atoms with E-state index in [-0.39, 0.29) is 30.2 Å². The van der Waals surface area contributed by atoms with Gasteiger partial charge in [-0.1, -0.05) is 19.9 Å². The number of hydrogen-bond donors (Lipinski definition) is 3. The van der Waals surface area contributed by atoms with Crippen LogP contribution in [-0.4, -0.2) is 28.8 Å². The van der Waals surface area contributed by atoms with Gasteiger partial charge in [-0.25, -0.2) is 9.87 Å². The third-order valence-corrected chi connectivity index (χ3v) is 4.49. The Hall–Kier alpha value is -2.78. The molecule has 0 bridgehead atoms. The molecule has 7 nitrogen and oxygen atoms in total. The molecule has 2 heterocycles. The molecule has 0 spiro atoms. The summed E-state index contributed by atoms with van der Waals surface area (Å²) in [5.74, 6) is -2.55. The summed E-state index contributed by atoms with van der Waals surface area (Å²) in [6.45, 7) is 5.96. The number of aryl methyl sites for hydroxylation is 1. The van der Waals surface area contributed by atoms with Crippen molar-refractivity contribution in [2.45, 2.75) is 46.6 Å². The van der Waals surface area contributed by atoms with E-state index in [2.05, 4.69) is 10.8 Å². The van der Waals surface area contributed by atoms with Crippen molar-refractivity contribution in [3.8, 4) is 0 Å². The number of aliphatic hydroxyl groups excluding tert-OH is 1. The Morgan fingerprint density at radius 3 is 2.70 bits per heavy atom. The highest BCUT2D eigenvalue weighted by Gasteiger charge is 2.29. The first kappa shape index (κ1) is 23.5. The molecule has 30 heavy (non-hydrogen) atoms. The van der Waals surface area contributed by atoms with E-state index in [9.17, 15) is 18.4 Å². The molecule has 0 unspecified atom stereocenters. The lowest BCUT2D eigenvalue weighted by Crippen LogP contribution is -2.32. The van der Waals surface area contributed by atoms with Gasteiger partial charge in [0.1, 0.15) is 5.82 Å². The van der Waals surface area contributed by atoms with Crippen molar-refractivity contribution in [3.05, 3.63) is 57.0 Å². The number of rotatable bonds is 7. The van der Waals surface area contributed by atoms with Crippen LogP contribution in [0.1, 0.15) is 48.3 Å². The second-order valence-electron chi connectivity index (χ2n) is 6.54. The number of pyridine rings is 1. The molecule has 1 aliphatic rings. The number of carbonyl (C=O) groups is 1. The van der Waals surface area contributed by atoms with Crippen LogP contribution in [0, 0.1) is 18.6 Å². The van der Waals surface area contributed by atoms with Gasteiger partial charge >= 0.3 is 0 Å². The maximum atomic E-state index is 14.8. The Bertz CT molecular complexity index is 960. The first-order valence-corrected chi connectivity index (χ1v) is 9.95. The smallest absolute Gasteiger partial charge is 0.289 e. The highest BCUT2D eigenvalue weighted by Crippen LogP contribution is 2.30. The SMILES string of the molecule is CC.Cc1ccc(Nc2c(C(=O)NOCCCO)c3n(c(=O)c2F)CCC3)c(F)c1. The molecule has 0 fully saturated rings. The van der Waals surface area contributed by atoms with E-state index in [4.69, 9.17) is 9.94 Å². The van der Waals surface area contributed by atoms with Gasteiger partial charge < -0.3 is 15.0 Å². The number of benzene rings is 1. The van der Waals surface area contributed by atoms with Gasteiger partial charge in [-0.15, -0.1) is 0 Å². The fourth-order valence-corrected chi connectivity index (χ4v) is 3.16. The third-order valence-electron chi connectivity index (χ3n) is 4.49. The third kappa shape index (κ3) is 5.03. The average Bonchev–Trinajstić information content (AvgIpc) is 3.22. The van der Waals surface area contributed by atoms with E-state index in [1.807, 2.05) is 13.8 Å². The van der Waals surface area contributed by atoms with Gasteiger partial charge in [0.25, 0.3) is 11.5 Å². The standard InChI is InChI=1S/C19H21F2N3O4.C2H6/c1-11-5-6-13(12(20)10-11)22-17-15(18(26)23-28-9-3-8-25)14-4-2-7-24(14)19(27)16(17)21;1-2/h5-6,10,22,25H,2-4,7-9H2,1H3,(H,23,26);1-2H3. The number of aromatic nitrogens is 1. The summed E-state index contributed by atoms with van der Waals surface area (Å²) in [4.78, 5) is 30.0. The Kier molecular flexibility index (Phi) is 8.49. The van der Waals surface area contributed by atoms with E-state index in [0.29, 0.717) is 37.1 Å². The van der Waals surface area contributed by atoms with Crippen molar-refractivity contribution in [3.63, 3.8) is 0 Å². The molecule has 2 aromatic rings. The zero-order chi connectivity index (χ0) is 22.3. The Labute approximate surface area is 173 Å². The van der Waals surface area contributed by atoms with E-state index < -0.39 is 23.1 Å². The molecule has 9 heteroatoms. The predicted molar refractivity (Wildman–Crippen MR) is 110 cm³/mol. The van der Waals surface area contributed by atoms with Crippen LogP contribution in [0.4, 0.5) is 20.2 Å². The summed E-state index contributed by atoms with van der Waals surface area (Å²) < 4.78 is 30.3. The fourth-order valence-electron chi connectivity index (χ4n) is 3.16. The quantitative estimate of drug-likeness (QED) is 0.470. The molecule has 1 aromatic heterocycles. The number of halogens is 2. The molecule has 1 amide bonds. The van der Waals surface area contributed by atoms with E-state index in [1.54, 1.807) is 13.0 Å². The van der Waals surface area contributed by atoms with Crippen LogP contribution in [0.2, 0.25) is 0 Å². The first-order chi connectivity index (χ1) is 14.4. The van der Waals surface area contributed by atoms with Crippen LogP contribution < -0.4 is 16.4 Å². The van der Waals surface area contributed by atoms with Crippen LogP contribution in [0.25, 0.3) is 0 Å². The summed E-state index contributed by atoms with van der Waals surface area (Å²) in [5, 5.41) is 11.3. The number of nitrogens with one attached hydrogen (secondary N) is 2. The maximum absolute atomic E-state index is 14.8. The predicted octanol–water partition coefficient (Wildman–Crippen LogP) is 3.19. The second-order valence-corrected chi connectivity index (χ2v) is 6.54. The minimum absolute atomic E-state index is 0.0536. The summed E-state index contributed by atoms with van der Waals surface area (Å²) in [5.41, 5.74) is 1.84. The molecule has 3 N–H and O–H groups in total. The number of fused-ring (bicyclic) bond motifs is 1. The molecule has 1 aliphatic heterocycles. The number of aliphatic hydroxyl groups is 1. The molecule has 0 atom stereocenters. The Morgan fingerprint density at radius 1 is 1.30 bits per heavy atom. The minimum Gasteiger partial charge on any atom is -0.396 e. The Morgan fingerprint density at radius 2 is 2.03 bits per heavy atom. The number of anilines is 2. The van der Waals surface area contributed by atoms with Crippen molar-refractivity contribution >= 4 is 17.3 Å². The summed E-state index contributed by atoms with van der Waals surface area (Å²) in [6.07, 6.45) is 1.29. The lowest BCUT2D eigenvalue weighted by Gasteiger charge is -2.18. The molecule has 0 saturated heterocycles. The van der Waals surface area contributed by atoms with Crippen LogP contribution in [-0.2, 0) is 17.8 Å². The maximum Gasteiger partial charge on any atom is 0.289 e. The summed E-state index contributed by atoms with van der Waals surface area (Å²) >= 11 is 0. The Balaban J connectivity index is 0.00000155. The molecule has 164 valence electrons. The monoisotopic (exact) mass is 423 g/mol. The molecule has 3 rings (SSSR count). The number of hydrogen-bond acceptors (Lipinski definition) is 5. The van der Waals surface area contributed by atoms with E-state index in [0.717, 1.165) is 0 Å². The zero-order valence-corrected chi connectivity index (χ0v) is 17.3. The molecule has 0 radical (unpaired) electrons. The number of hydroxylamine groups is 1. The van der Waals surface area contributed by atoms with Gasteiger partial charge in [-0.05, 0) is 43.9 Å². The van der Waals surface area contributed by atoms with Crippen LogP contribution >= 0.6 is 0 Å². The fraction of sp³-hybridized carbons (Fsp3) is 0.429. The van der Waals surface area contributed by atoms with E-state index in [1.165, 1.54) is 16.7 Å². The highest BCUT2D eigenvalue weighted by atomic mass is 19.1. The van der Waals surface area contributed by atoms with E-state index >= 15 is 0 Å². The molecule has 0 saturated carbocycles. The van der Waals surface area contributed by atoms with Gasteiger partial charge in [-0.2, -0.15) is 4.39 Å². The second kappa shape index (κ2) is 10.8. The minimum atomic E-state index is -1.16. The average molecular weight is 423 g/mol. The summed E-state index contributed by atoms with van der Waals surface area (Å²) in [7, 11) is 0. The van der Waals surface area contributed by atoms with Gasteiger partial charge in [0, 0.05) is 18.8 Å². The summed E-state index contributed by atoms with van der Waals surface area (Å²) in [6, 6.07) is 4.30. The topological polar surface area (TPSA) is 92.6 Å². The van der Waals surface area contributed by atoms with Crippen molar-refractivity contribution < 1.29 is 23.5 Å².